The average Bonchev–Trinajstić information content (AvgIpc) is 2.66. The van der Waals surface area contributed by atoms with Gasteiger partial charge in [-0.05, 0) is 19.3 Å². The predicted octanol–water partition coefficient (Wildman–Crippen LogP) is 1.37. The van der Waals surface area contributed by atoms with E-state index in [4.69, 9.17) is 11.6 Å². The quantitative estimate of drug-likeness (QED) is 0.774. The molecule has 1 N–H and O–H groups in total. The first-order valence-corrected chi connectivity index (χ1v) is 5.41. The molecule has 0 radical (unpaired) electrons. The summed E-state index contributed by atoms with van der Waals surface area (Å²) in [6.07, 6.45) is 7.40. The van der Waals surface area contributed by atoms with Gasteiger partial charge in [0.2, 0.25) is 0 Å². The van der Waals surface area contributed by atoms with E-state index in [1.54, 1.807) is 0 Å². The van der Waals surface area contributed by atoms with E-state index in [-0.39, 0.29) is 17.3 Å². The van der Waals surface area contributed by atoms with E-state index >= 15 is 0 Å². The Hall–Kier alpha value is -1.16. The lowest BCUT2D eigenvalue weighted by Gasteiger charge is -2.15. The number of amides is 1. The zero-order valence-electron chi connectivity index (χ0n) is 8.19. The molecule has 1 aliphatic rings. The maximum absolute atomic E-state index is 11.7. The van der Waals surface area contributed by atoms with Gasteiger partial charge in [-0.1, -0.05) is 0 Å². The van der Waals surface area contributed by atoms with Gasteiger partial charge in [-0.3, -0.25) is 4.79 Å². The average molecular weight is 226 g/mol. The van der Waals surface area contributed by atoms with E-state index in [0.29, 0.717) is 5.56 Å². The highest BCUT2D eigenvalue weighted by Crippen LogP contribution is 2.24. The van der Waals surface area contributed by atoms with Gasteiger partial charge >= 0.3 is 0 Å². The van der Waals surface area contributed by atoms with Crippen molar-refractivity contribution in [3.8, 4) is 0 Å². The number of rotatable bonds is 2. The fraction of sp³-hybridized carbons (Fsp3) is 0.500. The Labute approximate surface area is 93.1 Å². The van der Waals surface area contributed by atoms with Crippen LogP contribution in [0.15, 0.2) is 18.7 Å². The van der Waals surface area contributed by atoms with Crippen molar-refractivity contribution in [1.82, 2.24) is 15.3 Å². The molecule has 1 heterocycles. The summed E-state index contributed by atoms with van der Waals surface area (Å²) in [5.74, 6) is -0.145. The van der Waals surface area contributed by atoms with Gasteiger partial charge in [-0.25, -0.2) is 9.97 Å². The van der Waals surface area contributed by atoms with Crippen LogP contribution in [0, 0.1) is 0 Å². The van der Waals surface area contributed by atoms with Gasteiger partial charge < -0.3 is 5.32 Å². The monoisotopic (exact) mass is 225 g/mol. The second-order valence-corrected chi connectivity index (χ2v) is 4.21. The third kappa shape index (κ3) is 2.45. The molecule has 4 nitrogen and oxygen atoms in total. The Morgan fingerprint density at radius 3 is 2.73 bits per heavy atom. The van der Waals surface area contributed by atoms with Gasteiger partial charge in [0.15, 0.2) is 0 Å². The van der Waals surface area contributed by atoms with Crippen LogP contribution >= 0.6 is 11.6 Å². The van der Waals surface area contributed by atoms with Gasteiger partial charge in [0.25, 0.3) is 5.91 Å². The zero-order valence-corrected chi connectivity index (χ0v) is 8.94. The third-order valence-corrected chi connectivity index (χ3v) is 3.09. The summed E-state index contributed by atoms with van der Waals surface area (Å²) in [7, 11) is 0. The molecule has 0 aromatic carbocycles. The van der Waals surface area contributed by atoms with Crippen LogP contribution in [-0.4, -0.2) is 27.3 Å². The smallest absolute Gasteiger partial charge is 0.254 e. The molecule has 1 fully saturated rings. The van der Waals surface area contributed by atoms with E-state index in [1.165, 1.54) is 18.7 Å². The standard InChI is InChI=1S/C10H12ClN3O/c11-8-2-1-3-9(8)14-10(15)7-4-12-6-13-5-7/h4-6,8-9H,1-3H2,(H,14,15). The van der Waals surface area contributed by atoms with Crippen molar-refractivity contribution in [1.29, 1.82) is 0 Å². The first kappa shape index (κ1) is 10.4. The van der Waals surface area contributed by atoms with Crippen molar-refractivity contribution in [2.75, 3.05) is 0 Å². The van der Waals surface area contributed by atoms with Crippen molar-refractivity contribution in [3.05, 3.63) is 24.3 Å². The molecular weight excluding hydrogens is 214 g/mol. The fourth-order valence-corrected chi connectivity index (χ4v) is 2.09. The van der Waals surface area contributed by atoms with E-state index in [9.17, 15) is 4.79 Å². The van der Waals surface area contributed by atoms with E-state index in [2.05, 4.69) is 15.3 Å². The summed E-state index contributed by atoms with van der Waals surface area (Å²) in [6.45, 7) is 0. The topological polar surface area (TPSA) is 54.9 Å². The van der Waals surface area contributed by atoms with Crippen molar-refractivity contribution in [3.63, 3.8) is 0 Å². The molecule has 2 atom stereocenters. The molecule has 0 spiro atoms. The summed E-state index contributed by atoms with van der Waals surface area (Å²) >= 11 is 6.06. The summed E-state index contributed by atoms with van der Waals surface area (Å²) < 4.78 is 0. The van der Waals surface area contributed by atoms with Crippen LogP contribution in [0.4, 0.5) is 0 Å². The highest BCUT2D eigenvalue weighted by atomic mass is 35.5. The number of nitrogens with zero attached hydrogens (tertiary/aromatic N) is 2. The van der Waals surface area contributed by atoms with Crippen LogP contribution in [0.25, 0.3) is 0 Å². The molecule has 0 bridgehead atoms. The maximum Gasteiger partial charge on any atom is 0.254 e. The largest absolute Gasteiger partial charge is 0.348 e. The minimum atomic E-state index is -0.145. The summed E-state index contributed by atoms with van der Waals surface area (Å²) in [6, 6.07) is 0.0828. The van der Waals surface area contributed by atoms with Crippen LogP contribution in [0.2, 0.25) is 0 Å². The van der Waals surface area contributed by atoms with Crippen molar-refractivity contribution in [2.45, 2.75) is 30.7 Å². The van der Waals surface area contributed by atoms with E-state index in [0.717, 1.165) is 19.3 Å². The Bertz CT molecular complexity index is 344. The van der Waals surface area contributed by atoms with E-state index < -0.39 is 0 Å². The lowest BCUT2D eigenvalue weighted by molar-refractivity contribution is 0.0937. The van der Waals surface area contributed by atoms with Crippen LogP contribution in [0.5, 0.6) is 0 Å². The fourth-order valence-electron chi connectivity index (χ4n) is 1.75. The number of aromatic nitrogens is 2. The van der Waals surface area contributed by atoms with Gasteiger partial charge in [0.05, 0.1) is 10.9 Å². The number of halogens is 1. The van der Waals surface area contributed by atoms with Gasteiger partial charge in [-0.15, -0.1) is 11.6 Å². The Balaban J connectivity index is 1.98. The van der Waals surface area contributed by atoms with Crippen molar-refractivity contribution in [2.24, 2.45) is 0 Å². The first-order valence-electron chi connectivity index (χ1n) is 4.97. The van der Waals surface area contributed by atoms with E-state index in [1.807, 2.05) is 0 Å². The molecular formula is C10H12ClN3O. The number of carbonyl (C=O) groups excluding carboxylic acids is 1. The minimum absolute atomic E-state index is 0.0542. The highest BCUT2D eigenvalue weighted by molar-refractivity contribution is 6.21. The normalized spacial score (nSPS) is 25.1. The summed E-state index contributed by atoms with van der Waals surface area (Å²) in [5, 5.41) is 2.95. The van der Waals surface area contributed by atoms with Gasteiger partial charge in [0.1, 0.15) is 6.33 Å². The molecule has 2 unspecified atom stereocenters. The number of nitrogens with one attached hydrogen (secondary N) is 1. The second-order valence-electron chi connectivity index (χ2n) is 3.65. The number of carbonyl (C=O) groups is 1. The predicted molar refractivity (Wildman–Crippen MR) is 56.8 cm³/mol. The second kappa shape index (κ2) is 4.57. The summed E-state index contributed by atoms with van der Waals surface area (Å²) in [4.78, 5) is 19.3. The van der Waals surface area contributed by atoms with Crippen LogP contribution in [-0.2, 0) is 0 Å². The molecule has 0 aliphatic heterocycles. The van der Waals surface area contributed by atoms with Crippen molar-refractivity contribution < 1.29 is 4.79 Å². The lowest BCUT2D eigenvalue weighted by atomic mass is 10.2. The van der Waals surface area contributed by atoms with Crippen LogP contribution < -0.4 is 5.32 Å². The molecule has 2 rings (SSSR count). The molecule has 1 amide bonds. The lowest BCUT2D eigenvalue weighted by Crippen LogP contribution is -2.37. The maximum atomic E-state index is 11.7. The Morgan fingerprint density at radius 2 is 2.13 bits per heavy atom. The highest BCUT2D eigenvalue weighted by Gasteiger charge is 2.26. The number of hydrogen-bond donors (Lipinski definition) is 1. The number of alkyl halides is 1. The minimum Gasteiger partial charge on any atom is -0.348 e. The zero-order chi connectivity index (χ0) is 10.7. The molecule has 5 heteroatoms. The molecule has 1 aromatic heterocycles. The first-order chi connectivity index (χ1) is 7.27. The molecule has 1 saturated carbocycles. The molecule has 15 heavy (non-hydrogen) atoms. The molecule has 1 aliphatic carbocycles. The summed E-state index contributed by atoms with van der Waals surface area (Å²) in [5.41, 5.74) is 0.480. The third-order valence-electron chi connectivity index (χ3n) is 2.57. The van der Waals surface area contributed by atoms with Gasteiger partial charge in [0, 0.05) is 18.4 Å². The van der Waals surface area contributed by atoms with Crippen LogP contribution in [0.3, 0.4) is 0 Å². The number of hydrogen-bond acceptors (Lipinski definition) is 3. The Kier molecular flexibility index (Phi) is 3.16. The van der Waals surface area contributed by atoms with Crippen molar-refractivity contribution >= 4 is 17.5 Å². The molecule has 1 aromatic rings. The SMILES string of the molecule is O=C(NC1CCCC1Cl)c1cncnc1. The van der Waals surface area contributed by atoms with Gasteiger partial charge in [-0.2, -0.15) is 0 Å². The molecule has 80 valence electrons. The Morgan fingerprint density at radius 1 is 1.40 bits per heavy atom. The van der Waals surface area contributed by atoms with Crippen LogP contribution in [0.1, 0.15) is 29.6 Å². The molecule has 0 saturated heterocycles.